The highest BCUT2D eigenvalue weighted by Crippen LogP contribution is 2.54. The first-order valence-electron chi connectivity index (χ1n) is 18.8. The highest BCUT2D eigenvalue weighted by atomic mass is 15.1. The number of rotatable bonds is 6. The van der Waals surface area contributed by atoms with Gasteiger partial charge in [0.25, 0.3) is 0 Å². The summed E-state index contributed by atoms with van der Waals surface area (Å²) >= 11 is 0. The van der Waals surface area contributed by atoms with Crippen molar-refractivity contribution >= 4 is 38.6 Å². The van der Waals surface area contributed by atoms with Crippen LogP contribution in [-0.4, -0.2) is 0 Å². The molecule has 0 bridgehead atoms. The smallest absolute Gasteiger partial charge is 0.0546 e. The summed E-state index contributed by atoms with van der Waals surface area (Å²) in [5, 5.41) is 4.94. The Kier molecular flexibility index (Phi) is 7.56. The van der Waals surface area contributed by atoms with E-state index in [1.54, 1.807) is 0 Å². The van der Waals surface area contributed by atoms with Gasteiger partial charge in [0.05, 0.1) is 5.69 Å². The molecule has 0 saturated heterocycles. The molecule has 0 amide bonds. The number of anilines is 3. The highest BCUT2D eigenvalue weighted by Gasteiger charge is 2.37. The van der Waals surface area contributed by atoms with Crippen LogP contribution in [0.1, 0.15) is 25.0 Å². The summed E-state index contributed by atoms with van der Waals surface area (Å²) in [6.07, 6.45) is 0. The van der Waals surface area contributed by atoms with Gasteiger partial charge in [-0.2, -0.15) is 0 Å². The highest BCUT2D eigenvalue weighted by molar-refractivity contribution is 6.07. The predicted molar refractivity (Wildman–Crippen MR) is 230 cm³/mol. The van der Waals surface area contributed by atoms with Crippen molar-refractivity contribution in [3.8, 4) is 44.5 Å². The van der Waals surface area contributed by atoms with Crippen LogP contribution in [0.2, 0.25) is 0 Å². The quantitative estimate of drug-likeness (QED) is 0.168. The van der Waals surface area contributed by atoms with Crippen LogP contribution in [0.5, 0.6) is 0 Å². The van der Waals surface area contributed by atoms with E-state index in [0.29, 0.717) is 0 Å². The van der Waals surface area contributed by atoms with Crippen LogP contribution in [0, 0.1) is 0 Å². The maximum atomic E-state index is 2.48. The molecule has 1 aliphatic rings. The average molecular weight is 690 g/mol. The van der Waals surface area contributed by atoms with E-state index in [1.807, 2.05) is 0 Å². The minimum absolute atomic E-state index is 0.182. The average Bonchev–Trinajstić information content (AvgIpc) is 3.47. The number of hydrogen-bond acceptors (Lipinski definition) is 1. The maximum Gasteiger partial charge on any atom is 0.0546 e. The minimum atomic E-state index is -0.182. The standard InChI is InChI=1S/C53H39N/c1-53(2)48-23-13-22-46(39-17-7-4-8-18-39)52(48)47-32-31-44(35-49(47)53)54(43-29-26-38(27-30-43)36-14-5-3-6-15-36)50-33-28-40-19-11-12-21-45(40)51(50)42-25-24-37-16-9-10-20-41(37)34-42/h3-35H,1-2H3. The summed E-state index contributed by atoms with van der Waals surface area (Å²) in [5.74, 6) is 0. The third-order valence-electron chi connectivity index (χ3n) is 11.4. The molecule has 1 nitrogen and oxygen atoms in total. The number of hydrogen-bond donors (Lipinski definition) is 0. The van der Waals surface area contributed by atoms with E-state index in [0.717, 1.165) is 17.1 Å². The summed E-state index contributed by atoms with van der Waals surface area (Å²) < 4.78 is 0. The lowest BCUT2D eigenvalue weighted by molar-refractivity contribution is 0.660. The normalized spacial score (nSPS) is 12.8. The predicted octanol–water partition coefficient (Wildman–Crippen LogP) is 14.8. The first kappa shape index (κ1) is 32.0. The zero-order valence-electron chi connectivity index (χ0n) is 30.5. The summed E-state index contributed by atoms with van der Waals surface area (Å²) in [6, 6.07) is 73.4. The van der Waals surface area contributed by atoms with E-state index in [9.17, 15) is 0 Å². The number of fused-ring (bicyclic) bond motifs is 5. The van der Waals surface area contributed by atoms with E-state index < -0.39 is 0 Å². The largest absolute Gasteiger partial charge is 0.310 e. The van der Waals surface area contributed by atoms with Crippen molar-refractivity contribution in [3.63, 3.8) is 0 Å². The Morgan fingerprint density at radius 1 is 0.352 bits per heavy atom. The summed E-state index contributed by atoms with van der Waals surface area (Å²) in [7, 11) is 0. The van der Waals surface area contributed by atoms with Crippen LogP contribution in [0.4, 0.5) is 17.1 Å². The molecule has 54 heavy (non-hydrogen) atoms. The van der Waals surface area contributed by atoms with Crippen molar-refractivity contribution in [2.45, 2.75) is 19.3 Å². The van der Waals surface area contributed by atoms with Crippen LogP contribution in [-0.2, 0) is 5.41 Å². The van der Waals surface area contributed by atoms with Gasteiger partial charge < -0.3 is 4.90 Å². The fourth-order valence-electron chi connectivity index (χ4n) is 8.73. The summed E-state index contributed by atoms with van der Waals surface area (Å²) in [6.45, 7) is 4.76. The van der Waals surface area contributed by atoms with Gasteiger partial charge in [0.1, 0.15) is 0 Å². The van der Waals surface area contributed by atoms with Crippen molar-refractivity contribution in [1.29, 1.82) is 0 Å². The second-order valence-corrected chi connectivity index (χ2v) is 14.9. The van der Waals surface area contributed by atoms with E-state index in [4.69, 9.17) is 0 Å². The van der Waals surface area contributed by atoms with Gasteiger partial charge in [-0.25, -0.2) is 0 Å². The molecule has 0 atom stereocenters. The molecule has 0 fully saturated rings. The molecule has 0 N–H and O–H groups in total. The monoisotopic (exact) mass is 689 g/mol. The third kappa shape index (κ3) is 5.24. The van der Waals surface area contributed by atoms with Crippen molar-refractivity contribution in [2.75, 3.05) is 4.90 Å². The van der Waals surface area contributed by atoms with Gasteiger partial charge in [0.2, 0.25) is 0 Å². The zero-order valence-corrected chi connectivity index (χ0v) is 30.5. The molecule has 256 valence electrons. The van der Waals surface area contributed by atoms with Crippen molar-refractivity contribution in [3.05, 3.63) is 211 Å². The van der Waals surface area contributed by atoms with Crippen LogP contribution in [0.3, 0.4) is 0 Å². The Hall–Kier alpha value is -6.70. The number of benzene rings is 9. The molecule has 0 heterocycles. The Labute approximate surface area is 317 Å². The molecule has 9 aromatic rings. The Morgan fingerprint density at radius 3 is 1.74 bits per heavy atom. The Morgan fingerprint density at radius 2 is 0.963 bits per heavy atom. The number of nitrogens with zero attached hydrogens (tertiary/aromatic N) is 1. The van der Waals surface area contributed by atoms with E-state index in [1.165, 1.54) is 77.2 Å². The molecular weight excluding hydrogens is 651 g/mol. The van der Waals surface area contributed by atoms with E-state index in [2.05, 4.69) is 219 Å². The van der Waals surface area contributed by atoms with Crippen molar-refractivity contribution in [1.82, 2.24) is 0 Å². The molecular formula is C53H39N. The second-order valence-electron chi connectivity index (χ2n) is 14.9. The molecule has 9 aromatic carbocycles. The molecule has 0 unspecified atom stereocenters. The lowest BCUT2D eigenvalue weighted by Gasteiger charge is -2.30. The first-order valence-corrected chi connectivity index (χ1v) is 18.8. The topological polar surface area (TPSA) is 3.24 Å². The molecule has 0 radical (unpaired) electrons. The van der Waals surface area contributed by atoms with Crippen LogP contribution < -0.4 is 4.90 Å². The molecule has 1 heteroatoms. The zero-order chi connectivity index (χ0) is 36.2. The fraction of sp³-hybridized carbons (Fsp3) is 0.0566. The molecule has 0 aliphatic heterocycles. The molecule has 0 spiro atoms. The van der Waals surface area contributed by atoms with Gasteiger partial charge in [-0.1, -0.05) is 178 Å². The SMILES string of the molecule is CC1(C)c2cc(N(c3ccc(-c4ccccc4)cc3)c3ccc4ccccc4c3-c3ccc4ccccc4c3)ccc2-c2c(-c3ccccc3)cccc21. The first-order chi connectivity index (χ1) is 26.5. The van der Waals surface area contributed by atoms with Gasteiger partial charge in [-0.15, -0.1) is 0 Å². The molecule has 1 aliphatic carbocycles. The summed E-state index contributed by atoms with van der Waals surface area (Å²) in [4.78, 5) is 2.48. The van der Waals surface area contributed by atoms with Crippen molar-refractivity contribution < 1.29 is 0 Å². The van der Waals surface area contributed by atoms with Gasteiger partial charge in [0, 0.05) is 22.4 Å². The fourth-order valence-corrected chi connectivity index (χ4v) is 8.73. The van der Waals surface area contributed by atoms with Gasteiger partial charge >= 0.3 is 0 Å². The van der Waals surface area contributed by atoms with Crippen LogP contribution in [0.15, 0.2) is 200 Å². The minimum Gasteiger partial charge on any atom is -0.310 e. The summed E-state index contributed by atoms with van der Waals surface area (Å²) in [5.41, 5.74) is 16.0. The molecule has 0 aromatic heterocycles. The van der Waals surface area contributed by atoms with Crippen molar-refractivity contribution in [2.24, 2.45) is 0 Å². The molecule has 10 rings (SSSR count). The maximum absolute atomic E-state index is 2.48. The van der Waals surface area contributed by atoms with Gasteiger partial charge in [0.15, 0.2) is 0 Å². The molecule has 0 saturated carbocycles. The van der Waals surface area contributed by atoms with E-state index in [-0.39, 0.29) is 5.41 Å². The second kappa shape index (κ2) is 12.8. The van der Waals surface area contributed by atoms with Crippen LogP contribution in [0.25, 0.3) is 66.1 Å². The Bertz CT molecular complexity index is 2830. The Balaban J connectivity index is 1.21. The van der Waals surface area contributed by atoms with Crippen LogP contribution >= 0.6 is 0 Å². The van der Waals surface area contributed by atoms with Gasteiger partial charge in [-0.05, 0) is 108 Å². The lowest BCUT2D eigenvalue weighted by Crippen LogP contribution is -2.17. The van der Waals surface area contributed by atoms with Gasteiger partial charge in [-0.3, -0.25) is 0 Å². The third-order valence-corrected chi connectivity index (χ3v) is 11.4. The lowest BCUT2D eigenvalue weighted by atomic mass is 9.81. The van der Waals surface area contributed by atoms with E-state index >= 15 is 0 Å².